The number of hydrogen-bond acceptors (Lipinski definition) is 4. The van der Waals surface area contributed by atoms with Gasteiger partial charge in [-0.3, -0.25) is 4.79 Å². The summed E-state index contributed by atoms with van der Waals surface area (Å²) in [6.07, 6.45) is 0.978. The van der Waals surface area contributed by atoms with Crippen LogP contribution in [-0.2, 0) is 11.2 Å². The number of nitrogens with zero attached hydrogens (tertiary/aromatic N) is 1. The van der Waals surface area contributed by atoms with Gasteiger partial charge in [-0.25, -0.2) is 4.98 Å². The van der Waals surface area contributed by atoms with Crippen molar-refractivity contribution in [1.29, 1.82) is 0 Å². The van der Waals surface area contributed by atoms with Gasteiger partial charge in [0, 0.05) is 10.7 Å². The van der Waals surface area contributed by atoms with Gasteiger partial charge in [-0.2, -0.15) is 0 Å². The first-order valence-electron chi connectivity index (χ1n) is 7.21. The van der Waals surface area contributed by atoms with Crippen molar-refractivity contribution in [2.45, 2.75) is 18.6 Å². The van der Waals surface area contributed by atoms with Gasteiger partial charge in [-0.1, -0.05) is 42.4 Å². The Morgan fingerprint density at radius 3 is 2.78 bits per heavy atom. The second kappa shape index (κ2) is 7.06. The normalized spacial score (nSPS) is 10.9. The molecule has 118 valence electrons. The number of aromatic nitrogens is 1. The number of nitrogens with one attached hydrogen (secondary N) is 1. The van der Waals surface area contributed by atoms with Crippen molar-refractivity contribution in [2.24, 2.45) is 0 Å². The van der Waals surface area contributed by atoms with E-state index in [1.165, 1.54) is 17.3 Å². The summed E-state index contributed by atoms with van der Waals surface area (Å²) in [5, 5.41) is 3.92. The number of hydrogen-bond donors (Lipinski definition) is 1. The predicted octanol–water partition coefficient (Wildman–Crippen LogP) is 4.77. The summed E-state index contributed by atoms with van der Waals surface area (Å²) in [4.78, 5) is 16.3. The molecule has 0 aliphatic rings. The molecule has 1 N–H and O–H groups in total. The van der Waals surface area contributed by atoms with Gasteiger partial charge in [0.05, 0.1) is 5.75 Å². The van der Waals surface area contributed by atoms with Crippen LogP contribution in [0.2, 0.25) is 5.02 Å². The highest BCUT2D eigenvalue weighted by molar-refractivity contribution is 7.99. The summed E-state index contributed by atoms with van der Waals surface area (Å²) in [7, 11) is 0. The molecule has 0 atom stereocenters. The summed E-state index contributed by atoms with van der Waals surface area (Å²) in [6.45, 7) is 2.09. The van der Waals surface area contributed by atoms with E-state index in [1.807, 2.05) is 24.3 Å². The second-order valence-corrected chi connectivity index (χ2v) is 6.34. The fraction of sp³-hybridized carbons (Fsp3) is 0.176. The van der Waals surface area contributed by atoms with Crippen LogP contribution in [0.3, 0.4) is 0 Å². The molecule has 3 rings (SSSR count). The van der Waals surface area contributed by atoms with Gasteiger partial charge in [0.1, 0.15) is 5.52 Å². The maximum Gasteiger partial charge on any atom is 0.257 e. The number of carbonyl (C=O) groups is 1. The van der Waals surface area contributed by atoms with Gasteiger partial charge in [0.25, 0.3) is 5.22 Å². The third-order valence-electron chi connectivity index (χ3n) is 3.30. The van der Waals surface area contributed by atoms with Crippen molar-refractivity contribution in [3.63, 3.8) is 0 Å². The Morgan fingerprint density at radius 1 is 1.26 bits per heavy atom. The first kappa shape index (κ1) is 15.9. The van der Waals surface area contributed by atoms with Gasteiger partial charge < -0.3 is 9.73 Å². The molecule has 0 saturated carbocycles. The molecule has 0 bridgehead atoms. The van der Waals surface area contributed by atoms with Crippen molar-refractivity contribution in [3.8, 4) is 0 Å². The number of oxazole rings is 1. The molecule has 0 saturated heterocycles. The molecule has 6 heteroatoms. The fourth-order valence-corrected chi connectivity index (χ4v) is 2.89. The van der Waals surface area contributed by atoms with Crippen molar-refractivity contribution in [2.75, 3.05) is 11.1 Å². The van der Waals surface area contributed by atoms with Gasteiger partial charge in [0.15, 0.2) is 5.58 Å². The van der Waals surface area contributed by atoms with Crippen LogP contribution in [0.5, 0.6) is 0 Å². The molecule has 0 fully saturated rings. The van der Waals surface area contributed by atoms with Crippen molar-refractivity contribution in [1.82, 2.24) is 4.98 Å². The Kier molecular flexibility index (Phi) is 4.88. The monoisotopic (exact) mass is 346 g/mol. The molecule has 1 amide bonds. The number of fused-ring (bicyclic) bond motifs is 1. The highest BCUT2D eigenvalue weighted by Crippen LogP contribution is 2.25. The molecule has 1 aromatic heterocycles. The summed E-state index contributed by atoms with van der Waals surface area (Å²) in [6, 6.07) is 13.1. The molecule has 0 spiro atoms. The summed E-state index contributed by atoms with van der Waals surface area (Å²) >= 11 is 7.17. The molecule has 0 unspecified atom stereocenters. The maximum atomic E-state index is 12.0. The Labute approximate surface area is 143 Å². The van der Waals surface area contributed by atoms with Gasteiger partial charge in [-0.15, -0.1) is 0 Å². The van der Waals surface area contributed by atoms with Crippen LogP contribution in [0, 0.1) is 0 Å². The summed E-state index contributed by atoms with van der Waals surface area (Å²) in [5.41, 5.74) is 3.38. The smallest absolute Gasteiger partial charge is 0.257 e. The summed E-state index contributed by atoms with van der Waals surface area (Å²) < 4.78 is 5.57. The number of carbonyl (C=O) groups excluding carboxylic acids is 1. The van der Waals surface area contributed by atoms with Crippen molar-refractivity contribution >= 4 is 46.1 Å². The van der Waals surface area contributed by atoms with Gasteiger partial charge in [0.2, 0.25) is 5.91 Å². The quantitative estimate of drug-likeness (QED) is 0.676. The van der Waals surface area contributed by atoms with E-state index in [1.54, 1.807) is 18.2 Å². The van der Waals surface area contributed by atoms with Crippen LogP contribution in [0.25, 0.3) is 11.1 Å². The Morgan fingerprint density at radius 2 is 2.04 bits per heavy atom. The van der Waals surface area contributed by atoms with E-state index < -0.39 is 0 Å². The molecule has 1 heterocycles. The summed E-state index contributed by atoms with van der Waals surface area (Å²) in [5.74, 6) is 0.135. The minimum absolute atomic E-state index is 0.0977. The van der Waals surface area contributed by atoms with Gasteiger partial charge in [-0.05, 0) is 42.3 Å². The number of halogens is 1. The second-order valence-electron chi connectivity index (χ2n) is 4.98. The van der Waals surface area contributed by atoms with Crippen LogP contribution < -0.4 is 5.32 Å². The molecule has 3 aromatic rings. The zero-order chi connectivity index (χ0) is 16.2. The topological polar surface area (TPSA) is 55.1 Å². The molecule has 23 heavy (non-hydrogen) atoms. The molecular formula is C17H15ClN2O2S. The maximum absolute atomic E-state index is 12.0. The van der Waals surface area contributed by atoms with E-state index in [2.05, 4.69) is 17.2 Å². The van der Waals surface area contributed by atoms with Crippen molar-refractivity contribution < 1.29 is 9.21 Å². The van der Waals surface area contributed by atoms with E-state index in [9.17, 15) is 4.79 Å². The third kappa shape index (κ3) is 4.06. The minimum atomic E-state index is -0.0977. The zero-order valence-corrected chi connectivity index (χ0v) is 14.1. The standard InChI is InChI=1S/C17H15ClN2O2S/c1-2-11-3-6-13(7-4-11)19-16(21)10-23-17-20-14-9-12(18)5-8-15(14)22-17/h3-9H,2,10H2,1H3,(H,19,21). The van der Waals surface area contributed by atoms with E-state index in [4.69, 9.17) is 16.0 Å². The van der Waals surface area contributed by atoms with E-state index in [0.29, 0.717) is 21.3 Å². The SMILES string of the molecule is CCc1ccc(NC(=O)CSc2nc3cc(Cl)ccc3o2)cc1. The number of rotatable bonds is 5. The molecule has 0 aliphatic heterocycles. The average molecular weight is 347 g/mol. The van der Waals surface area contributed by atoms with Crippen LogP contribution in [-0.4, -0.2) is 16.6 Å². The van der Waals surface area contributed by atoms with Crippen molar-refractivity contribution in [3.05, 3.63) is 53.1 Å². The minimum Gasteiger partial charge on any atom is -0.431 e. The molecule has 4 nitrogen and oxygen atoms in total. The van der Waals surface area contributed by atoms with Crippen LogP contribution in [0.15, 0.2) is 52.1 Å². The zero-order valence-electron chi connectivity index (χ0n) is 12.5. The lowest BCUT2D eigenvalue weighted by molar-refractivity contribution is -0.113. The number of anilines is 1. The number of benzene rings is 2. The van der Waals surface area contributed by atoms with E-state index >= 15 is 0 Å². The van der Waals surface area contributed by atoms with E-state index in [-0.39, 0.29) is 11.7 Å². The lowest BCUT2D eigenvalue weighted by Gasteiger charge is -2.04. The first-order valence-corrected chi connectivity index (χ1v) is 8.58. The first-order chi connectivity index (χ1) is 11.1. The Balaban J connectivity index is 1.58. The number of aryl methyl sites for hydroxylation is 1. The largest absolute Gasteiger partial charge is 0.431 e. The Hall–Kier alpha value is -1.98. The molecule has 0 aliphatic carbocycles. The van der Waals surface area contributed by atoms with Gasteiger partial charge >= 0.3 is 0 Å². The number of amides is 1. The lowest BCUT2D eigenvalue weighted by Crippen LogP contribution is -2.13. The highest BCUT2D eigenvalue weighted by Gasteiger charge is 2.10. The fourth-order valence-electron chi connectivity index (χ4n) is 2.09. The van der Waals surface area contributed by atoms with Crippen LogP contribution >= 0.6 is 23.4 Å². The molecule has 2 aromatic carbocycles. The average Bonchev–Trinajstić information content (AvgIpc) is 2.95. The number of thioether (sulfide) groups is 1. The molecule has 0 radical (unpaired) electrons. The highest BCUT2D eigenvalue weighted by atomic mass is 35.5. The third-order valence-corrected chi connectivity index (χ3v) is 4.37. The molecular weight excluding hydrogens is 332 g/mol. The van der Waals surface area contributed by atoms with Crippen LogP contribution in [0.4, 0.5) is 5.69 Å². The predicted molar refractivity (Wildman–Crippen MR) is 94.2 cm³/mol. The lowest BCUT2D eigenvalue weighted by atomic mass is 10.1. The van der Waals surface area contributed by atoms with Crippen LogP contribution in [0.1, 0.15) is 12.5 Å². The van der Waals surface area contributed by atoms with E-state index in [0.717, 1.165) is 12.1 Å². The Bertz CT molecular complexity index is 830.